The molecule has 0 aliphatic heterocycles. The molecule has 1 aromatic carbocycles. The van der Waals surface area contributed by atoms with Crippen LogP contribution in [0.15, 0.2) is 47.7 Å². The molecule has 3 N–H and O–H groups in total. The van der Waals surface area contributed by atoms with Crippen LogP contribution in [0, 0.1) is 0 Å². The third-order valence-electron chi connectivity index (χ3n) is 3.25. The number of hydrogen-bond donors (Lipinski definition) is 2. The molecule has 0 amide bonds. The fourth-order valence-electron chi connectivity index (χ4n) is 2.23. The van der Waals surface area contributed by atoms with Crippen LogP contribution in [0.4, 0.5) is 13.2 Å². The summed E-state index contributed by atoms with van der Waals surface area (Å²) in [4.78, 5) is 0. The van der Waals surface area contributed by atoms with Gasteiger partial charge in [-0.25, -0.2) is 0 Å². The van der Waals surface area contributed by atoms with Gasteiger partial charge in [0.2, 0.25) is 0 Å². The van der Waals surface area contributed by atoms with Crippen LogP contribution in [-0.4, -0.2) is 19.1 Å². The lowest BCUT2D eigenvalue weighted by atomic mass is 9.97. The summed E-state index contributed by atoms with van der Waals surface area (Å²) in [6, 6.07) is 4.14. The number of hydrogen-bond acceptors (Lipinski definition) is 3. The van der Waals surface area contributed by atoms with Gasteiger partial charge >= 0.3 is 6.18 Å². The summed E-state index contributed by atoms with van der Waals surface area (Å²) >= 11 is 0. The summed E-state index contributed by atoms with van der Waals surface area (Å²) in [5.74, 6) is 0.932. The minimum absolute atomic E-state index is 0.212. The second-order valence-corrected chi connectivity index (χ2v) is 4.93. The van der Waals surface area contributed by atoms with E-state index in [0.29, 0.717) is 11.5 Å². The van der Waals surface area contributed by atoms with Crippen LogP contribution < -0.4 is 15.8 Å². The molecule has 2 rings (SSSR count). The molecule has 0 saturated heterocycles. The van der Waals surface area contributed by atoms with Gasteiger partial charge in [0.05, 0.1) is 11.6 Å². The van der Waals surface area contributed by atoms with E-state index in [0.717, 1.165) is 17.7 Å². The monoisotopic (exact) mass is 298 g/mol. The quantitative estimate of drug-likeness (QED) is 0.902. The summed E-state index contributed by atoms with van der Waals surface area (Å²) in [6.45, 7) is 1.89. The molecule has 3 nitrogen and oxygen atoms in total. The first-order valence-corrected chi connectivity index (χ1v) is 6.49. The summed E-state index contributed by atoms with van der Waals surface area (Å²) in [5, 5.41) is 3.04. The fourth-order valence-corrected chi connectivity index (χ4v) is 2.23. The smallest absolute Gasteiger partial charge is 0.416 e. The number of benzene rings is 1. The lowest BCUT2D eigenvalue weighted by molar-refractivity contribution is -0.137. The third-order valence-corrected chi connectivity index (χ3v) is 3.25. The molecule has 21 heavy (non-hydrogen) atoms. The van der Waals surface area contributed by atoms with Crippen LogP contribution in [0.5, 0.6) is 5.75 Å². The number of nitrogens with two attached hydrogens (primary N) is 1. The first kappa shape index (κ1) is 15.6. The second-order valence-electron chi connectivity index (χ2n) is 4.93. The lowest BCUT2D eigenvalue weighted by Gasteiger charge is -2.27. The summed E-state index contributed by atoms with van der Waals surface area (Å²) in [7, 11) is 1.75. The minimum Gasteiger partial charge on any atom is -0.460 e. The minimum atomic E-state index is -4.35. The van der Waals surface area contributed by atoms with Gasteiger partial charge in [-0.15, -0.1) is 0 Å². The van der Waals surface area contributed by atoms with Crippen LogP contribution in [0.2, 0.25) is 0 Å². The van der Waals surface area contributed by atoms with Crippen molar-refractivity contribution in [3.05, 3.63) is 53.3 Å². The van der Waals surface area contributed by atoms with Crippen molar-refractivity contribution < 1.29 is 17.9 Å². The van der Waals surface area contributed by atoms with E-state index in [1.54, 1.807) is 7.05 Å². The maximum absolute atomic E-state index is 12.5. The van der Waals surface area contributed by atoms with Gasteiger partial charge in [-0.05, 0) is 44.3 Å². The van der Waals surface area contributed by atoms with E-state index in [1.807, 2.05) is 19.1 Å². The van der Waals surface area contributed by atoms with E-state index in [-0.39, 0.29) is 12.1 Å². The Morgan fingerprint density at radius 1 is 1.19 bits per heavy atom. The van der Waals surface area contributed by atoms with Gasteiger partial charge in [0.15, 0.2) is 0 Å². The summed E-state index contributed by atoms with van der Waals surface area (Å²) in [6.07, 6.45) is -0.624. The Labute approximate surface area is 121 Å². The highest BCUT2D eigenvalue weighted by Crippen LogP contribution is 2.31. The number of alkyl halides is 3. The zero-order valence-corrected chi connectivity index (χ0v) is 11.7. The van der Waals surface area contributed by atoms with E-state index in [2.05, 4.69) is 5.32 Å². The average Bonchev–Trinajstić information content (AvgIpc) is 2.38. The number of nitrogens with one attached hydrogen (secondary N) is 1. The highest BCUT2D eigenvalue weighted by molar-refractivity contribution is 5.36. The van der Waals surface area contributed by atoms with Crippen LogP contribution in [-0.2, 0) is 6.18 Å². The fraction of sp³-hybridized carbons (Fsp3) is 0.333. The first-order chi connectivity index (χ1) is 9.81. The molecule has 0 spiro atoms. The van der Waals surface area contributed by atoms with E-state index in [1.165, 1.54) is 12.1 Å². The predicted octanol–water partition coefficient (Wildman–Crippen LogP) is 2.84. The molecular formula is C15H17F3N2O. The second kappa shape index (κ2) is 5.91. The Morgan fingerprint density at radius 3 is 2.33 bits per heavy atom. The Balaban J connectivity index is 2.19. The predicted molar refractivity (Wildman–Crippen MR) is 74.7 cm³/mol. The Morgan fingerprint density at radius 2 is 1.81 bits per heavy atom. The molecule has 6 heteroatoms. The topological polar surface area (TPSA) is 47.3 Å². The molecular weight excluding hydrogens is 281 g/mol. The van der Waals surface area contributed by atoms with Gasteiger partial charge in [0.1, 0.15) is 11.5 Å². The van der Waals surface area contributed by atoms with Crippen molar-refractivity contribution in [2.75, 3.05) is 7.05 Å². The third kappa shape index (κ3) is 3.65. The first-order valence-electron chi connectivity index (χ1n) is 6.49. The van der Waals surface area contributed by atoms with E-state index in [4.69, 9.17) is 10.5 Å². The van der Waals surface area contributed by atoms with Crippen LogP contribution in [0.25, 0.3) is 0 Å². The SMILES string of the molecule is CNC1C(Oc2ccc(C(F)(F)F)cc2)=CC(C)=CC1N. The molecule has 1 aliphatic rings. The lowest BCUT2D eigenvalue weighted by Crippen LogP contribution is -2.46. The maximum atomic E-state index is 12.5. The summed E-state index contributed by atoms with van der Waals surface area (Å²) in [5.41, 5.74) is 6.25. The van der Waals surface area contributed by atoms with Crippen molar-refractivity contribution in [3.8, 4) is 5.75 Å². The Kier molecular flexibility index (Phi) is 4.39. The van der Waals surface area contributed by atoms with E-state index >= 15 is 0 Å². The van der Waals surface area contributed by atoms with Crippen molar-refractivity contribution in [2.45, 2.75) is 25.2 Å². The Hall–Kier alpha value is -1.79. The number of halogens is 3. The van der Waals surface area contributed by atoms with Crippen molar-refractivity contribution >= 4 is 0 Å². The normalized spacial score (nSPS) is 22.6. The van der Waals surface area contributed by atoms with E-state index < -0.39 is 11.7 Å². The molecule has 0 aromatic heterocycles. The molecule has 0 bridgehead atoms. The van der Waals surface area contributed by atoms with Crippen molar-refractivity contribution in [1.82, 2.24) is 5.32 Å². The molecule has 0 saturated carbocycles. The molecule has 2 atom stereocenters. The highest BCUT2D eigenvalue weighted by Gasteiger charge is 2.30. The van der Waals surface area contributed by atoms with Crippen molar-refractivity contribution in [2.24, 2.45) is 5.73 Å². The molecule has 0 radical (unpaired) electrons. The van der Waals surface area contributed by atoms with Crippen LogP contribution in [0.1, 0.15) is 12.5 Å². The number of likely N-dealkylation sites (N-methyl/N-ethyl adjacent to an activating group) is 1. The standard InChI is InChI=1S/C15H17F3N2O/c1-9-7-12(19)14(20-2)13(8-9)21-11-5-3-10(4-6-11)15(16,17)18/h3-8,12,14,20H,19H2,1-2H3. The maximum Gasteiger partial charge on any atom is 0.416 e. The number of rotatable bonds is 3. The molecule has 1 aromatic rings. The van der Waals surface area contributed by atoms with Gasteiger partial charge < -0.3 is 15.8 Å². The zero-order valence-electron chi connectivity index (χ0n) is 11.7. The van der Waals surface area contributed by atoms with Crippen molar-refractivity contribution in [3.63, 3.8) is 0 Å². The van der Waals surface area contributed by atoms with E-state index in [9.17, 15) is 13.2 Å². The van der Waals surface area contributed by atoms with Gasteiger partial charge in [-0.1, -0.05) is 11.6 Å². The Bertz CT molecular complexity index is 561. The van der Waals surface area contributed by atoms with Crippen LogP contribution in [0.3, 0.4) is 0 Å². The summed E-state index contributed by atoms with van der Waals surface area (Å²) < 4.78 is 43.2. The largest absolute Gasteiger partial charge is 0.460 e. The molecule has 1 aliphatic carbocycles. The average molecular weight is 298 g/mol. The van der Waals surface area contributed by atoms with Crippen LogP contribution >= 0.6 is 0 Å². The molecule has 114 valence electrons. The van der Waals surface area contributed by atoms with Gasteiger partial charge in [-0.3, -0.25) is 0 Å². The number of allylic oxidation sites excluding steroid dienone is 2. The molecule has 0 heterocycles. The van der Waals surface area contributed by atoms with Gasteiger partial charge in [-0.2, -0.15) is 13.2 Å². The molecule has 0 fully saturated rings. The van der Waals surface area contributed by atoms with Gasteiger partial charge in [0, 0.05) is 6.04 Å². The molecule has 2 unspecified atom stereocenters. The highest BCUT2D eigenvalue weighted by atomic mass is 19.4. The van der Waals surface area contributed by atoms with Gasteiger partial charge in [0.25, 0.3) is 0 Å². The number of ether oxygens (including phenoxy) is 1. The van der Waals surface area contributed by atoms with Crippen molar-refractivity contribution in [1.29, 1.82) is 0 Å². The zero-order chi connectivity index (χ0) is 15.6.